The summed E-state index contributed by atoms with van der Waals surface area (Å²) < 4.78 is 0. The van der Waals surface area contributed by atoms with Crippen molar-refractivity contribution in [1.29, 1.82) is 0 Å². The molecule has 0 unspecified atom stereocenters. The summed E-state index contributed by atoms with van der Waals surface area (Å²) in [6.45, 7) is 4.10. The minimum atomic E-state index is 0.104. The lowest BCUT2D eigenvalue weighted by molar-refractivity contribution is -0.130. The molecule has 0 fully saturated rings. The number of carbonyl (C=O) groups is 1. The van der Waals surface area contributed by atoms with Crippen LogP contribution in [0.25, 0.3) is 0 Å². The van der Waals surface area contributed by atoms with Crippen molar-refractivity contribution in [1.82, 2.24) is 25.4 Å². The second-order valence-corrected chi connectivity index (χ2v) is 3.29. The average molecular weight is 211 g/mol. The quantitative estimate of drug-likeness (QED) is 0.637. The van der Waals surface area contributed by atoms with Gasteiger partial charge in [0.1, 0.15) is 12.2 Å². The summed E-state index contributed by atoms with van der Waals surface area (Å²) >= 11 is 0. The summed E-state index contributed by atoms with van der Waals surface area (Å²) in [7, 11) is 1.76. The SMILES string of the molecule is CCNCCC(=O)N(C)Cc1ncn[nH]1. The highest BCUT2D eigenvalue weighted by Gasteiger charge is 2.09. The molecule has 0 saturated heterocycles. The molecule has 0 radical (unpaired) electrons. The maximum Gasteiger partial charge on any atom is 0.223 e. The lowest BCUT2D eigenvalue weighted by atomic mass is 10.3. The van der Waals surface area contributed by atoms with Gasteiger partial charge in [0.15, 0.2) is 0 Å². The molecular formula is C9H17N5O. The van der Waals surface area contributed by atoms with E-state index in [1.807, 2.05) is 6.92 Å². The van der Waals surface area contributed by atoms with Crippen molar-refractivity contribution in [2.75, 3.05) is 20.1 Å². The lowest BCUT2D eigenvalue weighted by Gasteiger charge is -2.15. The van der Waals surface area contributed by atoms with E-state index in [2.05, 4.69) is 20.5 Å². The average Bonchev–Trinajstić information content (AvgIpc) is 2.70. The van der Waals surface area contributed by atoms with Crippen LogP contribution in [0.3, 0.4) is 0 Å². The summed E-state index contributed by atoms with van der Waals surface area (Å²) in [5, 5.41) is 9.55. The molecule has 0 aliphatic rings. The van der Waals surface area contributed by atoms with Crippen LogP contribution in [0.5, 0.6) is 0 Å². The van der Waals surface area contributed by atoms with Crippen LogP contribution in [0.1, 0.15) is 19.2 Å². The molecule has 1 amide bonds. The number of carbonyl (C=O) groups excluding carboxylic acids is 1. The van der Waals surface area contributed by atoms with Gasteiger partial charge in [-0.3, -0.25) is 9.89 Å². The molecule has 1 heterocycles. The van der Waals surface area contributed by atoms with Gasteiger partial charge in [0, 0.05) is 20.0 Å². The summed E-state index contributed by atoms with van der Waals surface area (Å²) in [5.74, 6) is 0.807. The zero-order chi connectivity index (χ0) is 11.1. The smallest absolute Gasteiger partial charge is 0.223 e. The molecule has 0 atom stereocenters. The molecule has 6 heteroatoms. The second-order valence-electron chi connectivity index (χ2n) is 3.29. The van der Waals surface area contributed by atoms with Gasteiger partial charge in [0.05, 0.1) is 6.54 Å². The van der Waals surface area contributed by atoms with Crippen LogP contribution in [0.15, 0.2) is 6.33 Å². The number of H-pyrrole nitrogens is 1. The Hall–Kier alpha value is -1.43. The maximum atomic E-state index is 11.6. The topological polar surface area (TPSA) is 73.9 Å². The molecule has 0 saturated carbocycles. The highest BCUT2D eigenvalue weighted by atomic mass is 16.2. The number of rotatable bonds is 6. The Balaban J connectivity index is 2.27. The van der Waals surface area contributed by atoms with Crippen LogP contribution >= 0.6 is 0 Å². The Morgan fingerprint density at radius 1 is 1.67 bits per heavy atom. The molecule has 84 valence electrons. The number of hydrogen-bond donors (Lipinski definition) is 2. The molecule has 1 rings (SSSR count). The Morgan fingerprint density at radius 3 is 3.07 bits per heavy atom. The van der Waals surface area contributed by atoms with Crippen molar-refractivity contribution in [3.63, 3.8) is 0 Å². The van der Waals surface area contributed by atoms with E-state index < -0.39 is 0 Å². The number of aromatic amines is 1. The molecule has 2 N–H and O–H groups in total. The Morgan fingerprint density at radius 2 is 2.47 bits per heavy atom. The number of amides is 1. The van der Waals surface area contributed by atoms with Crippen LogP contribution in [-0.2, 0) is 11.3 Å². The fourth-order valence-corrected chi connectivity index (χ4v) is 1.18. The largest absolute Gasteiger partial charge is 0.338 e. The molecule has 1 aromatic heterocycles. The van der Waals surface area contributed by atoms with Crippen LogP contribution in [-0.4, -0.2) is 46.1 Å². The van der Waals surface area contributed by atoms with Crippen molar-refractivity contribution in [2.45, 2.75) is 19.9 Å². The van der Waals surface area contributed by atoms with Crippen LogP contribution < -0.4 is 5.32 Å². The first kappa shape index (κ1) is 11.6. The van der Waals surface area contributed by atoms with Gasteiger partial charge in [-0.25, -0.2) is 4.98 Å². The lowest BCUT2D eigenvalue weighted by Crippen LogP contribution is -2.29. The fourth-order valence-electron chi connectivity index (χ4n) is 1.18. The van der Waals surface area contributed by atoms with Gasteiger partial charge in [-0.2, -0.15) is 5.10 Å². The molecule has 15 heavy (non-hydrogen) atoms. The Kier molecular flexibility index (Phi) is 4.76. The summed E-state index contributed by atoms with van der Waals surface area (Å²) in [5.41, 5.74) is 0. The first-order valence-corrected chi connectivity index (χ1v) is 5.03. The van der Waals surface area contributed by atoms with Crippen molar-refractivity contribution >= 4 is 5.91 Å². The predicted octanol–water partition coefficient (Wildman–Crippen LogP) is -0.237. The Bertz CT molecular complexity index is 285. The van der Waals surface area contributed by atoms with E-state index in [-0.39, 0.29) is 5.91 Å². The van der Waals surface area contributed by atoms with Gasteiger partial charge in [0.2, 0.25) is 5.91 Å². The molecule has 0 aromatic carbocycles. The van der Waals surface area contributed by atoms with E-state index in [0.29, 0.717) is 18.8 Å². The van der Waals surface area contributed by atoms with Gasteiger partial charge >= 0.3 is 0 Å². The third kappa shape index (κ3) is 4.07. The third-order valence-electron chi connectivity index (χ3n) is 2.04. The fraction of sp³-hybridized carbons (Fsp3) is 0.667. The number of hydrogen-bond acceptors (Lipinski definition) is 4. The molecule has 0 aliphatic carbocycles. The zero-order valence-electron chi connectivity index (χ0n) is 9.16. The van der Waals surface area contributed by atoms with Gasteiger partial charge in [0.25, 0.3) is 0 Å². The minimum Gasteiger partial charge on any atom is -0.338 e. The van der Waals surface area contributed by atoms with Crippen LogP contribution in [0.4, 0.5) is 0 Å². The van der Waals surface area contributed by atoms with Gasteiger partial charge in [-0.05, 0) is 6.54 Å². The molecule has 0 bridgehead atoms. The highest BCUT2D eigenvalue weighted by Crippen LogP contribution is 1.96. The minimum absolute atomic E-state index is 0.104. The van der Waals surface area contributed by atoms with Crippen molar-refractivity contribution in [3.8, 4) is 0 Å². The normalized spacial score (nSPS) is 10.3. The molecule has 0 aliphatic heterocycles. The summed E-state index contributed by atoms with van der Waals surface area (Å²) in [4.78, 5) is 17.2. The molecule has 0 spiro atoms. The summed E-state index contributed by atoms with van der Waals surface area (Å²) in [6, 6.07) is 0. The predicted molar refractivity (Wildman–Crippen MR) is 56.0 cm³/mol. The maximum absolute atomic E-state index is 11.6. The van der Waals surface area contributed by atoms with E-state index in [0.717, 1.165) is 13.1 Å². The monoisotopic (exact) mass is 211 g/mol. The van der Waals surface area contributed by atoms with Crippen molar-refractivity contribution in [2.24, 2.45) is 0 Å². The van der Waals surface area contributed by atoms with E-state index in [1.54, 1.807) is 11.9 Å². The van der Waals surface area contributed by atoms with Crippen LogP contribution in [0, 0.1) is 0 Å². The van der Waals surface area contributed by atoms with Gasteiger partial charge in [-0.1, -0.05) is 6.92 Å². The number of nitrogens with zero attached hydrogens (tertiary/aromatic N) is 3. The number of aromatic nitrogens is 3. The number of nitrogens with one attached hydrogen (secondary N) is 2. The molecular weight excluding hydrogens is 194 g/mol. The van der Waals surface area contributed by atoms with E-state index in [9.17, 15) is 4.79 Å². The second kappa shape index (κ2) is 6.13. The van der Waals surface area contributed by atoms with Crippen molar-refractivity contribution in [3.05, 3.63) is 12.2 Å². The van der Waals surface area contributed by atoms with E-state index >= 15 is 0 Å². The van der Waals surface area contributed by atoms with E-state index in [4.69, 9.17) is 0 Å². The summed E-state index contributed by atoms with van der Waals surface area (Å²) in [6.07, 6.45) is 1.95. The van der Waals surface area contributed by atoms with Gasteiger partial charge in [-0.15, -0.1) is 0 Å². The third-order valence-corrected chi connectivity index (χ3v) is 2.04. The Labute approximate surface area is 89.1 Å². The van der Waals surface area contributed by atoms with Gasteiger partial charge < -0.3 is 10.2 Å². The molecule has 6 nitrogen and oxygen atoms in total. The standard InChI is InChI=1S/C9H17N5O/c1-3-10-5-4-9(15)14(2)6-8-11-7-12-13-8/h7,10H,3-6H2,1-2H3,(H,11,12,13). The molecule has 1 aromatic rings. The van der Waals surface area contributed by atoms with Crippen LogP contribution in [0.2, 0.25) is 0 Å². The highest BCUT2D eigenvalue weighted by molar-refractivity contribution is 5.75. The first-order chi connectivity index (χ1) is 7.24. The first-order valence-electron chi connectivity index (χ1n) is 5.03. The van der Waals surface area contributed by atoms with Crippen molar-refractivity contribution < 1.29 is 4.79 Å². The van der Waals surface area contributed by atoms with E-state index in [1.165, 1.54) is 6.33 Å². The zero-order valence-corrected chi connectivity index (χ0v) is 9.16.